The molecule has 3 aromatic rings. The van der Waals surface area contributed by atoms with Gasteiger partial charge in [0.25, 0.3) is 5.91 Å². The van der Waals surface area contributed by atoms with Gasteiger partial charge in [0.2, 0.25) is 11.8 Å². The average Bonchev–Trinajstić information content (AvgIpc) is 3.51. The zero-order valence-electron chi connectivity index (χ0n) is 23.6. The number of aliphatic hydroxyl groups excluding tert-OH is 1. The highest BCUT2D eigenvalue weighted by Gasteiger charge is 2.44. The number of benzene rings is 2. The van der Waals surface area contributed by atoms with Gasteiger partial charge in [0, 0.05) is 23.0 Å². The second-order valence-corrected chi connectivity index (χ2v) is 13.2. The number of hydrogen-bond donors (Lipinski definition) is 3. The summed E-state index contributed by atoms with van der Waals surface area (Å²) in [6, 6.07) is 9.36. The van der Waals surface area contributed by atoms with Crippen molar-refractivity contribution in [2.75, 3.05) is 6.54 Å². The first kappa shape index (κ1) is 30.8. The number of nitrogens with one attached hydrogen (secondary N) is 2. The summed E-state index contributed by atoms with van der Waals surface area (Å²) in [5.74, 6) is -2.09. The molecule has 0 bridgehead atoms. The first-order chi connectivity index (χ1) is 19.2. The Hall–Kier alpha value is -3.15. The lowest BCUT2D eigenvalue weighted by atomic mass is 9.85. The fourth-order valence-corrected chi connectivity index (χ4v) is 6.19. The van der Waals surface area contributed by atoms with Crippen molar-refractivity contribution in [3.05, 3.63) is 75.1 Å². The van der Waals surface area contributed by atoms with E-state index in [9.17, 15) is 23.9 Å². The minimum Gasteiger partial charge on any atom is -0.391 e. The van der Waals surface area contributed by atoms with E-state index in [-0.39, 0.29) is 24.6 Å². The number of carbonyl (C=O) groups excluding carboxylic acids is 3. The molecular weight excluding hydrogens is 611 g/mol. The Morgan fingerprint density at radius 2 is 1.83 bits per heavy atom. The van der Waals surface area contributed by atoms with Crippen molar-refractivity contribution < 1.29 is 23.9 Å². The number of likely N-dealkylation sites (tertiary alicyclic amines) is 1. The SMILES string of the molecule is Cc1ncsc1-c1ccc([C@H](C)NC(=O)[C@@H]2C[C@@H](O)CN2C(=O)[C@@H](NC(=O)c2cc(F)cc(Br)c2)C(C)(C)C)cc1. The van der Waals surface area contributed by atoms with Gasteiger partial charge in [-0.25, -0.2) is 9.37 Å². The van der Waals surface area contributed by atoms with Crippen molar-refractivity contribution in [3.8, 4) is 10.4 Å². The molecular formula is C30H34BrFN4O4S. The van der Waals surface area contributed by atoms with Crippen molar-refractivity contribution in [1.82, 2.24) is 20.5 Å². The van der Waals surface area contributed by atoms with Crippen molar-refractivity contribution in [2.24, 2.45) is 5.41 Å². The van der Waals surface area contributed by atoms with Crippen molar-refractivity contribution in [1.29, 1.82) is 0 Å². The van der Waals surface area contributed by atoms with E-state index >= 15 is 0 Å². The molecule has 0 aliphatic carbocycles. The number of amides is 3. The summed E-state index contributed by atoms with van der Waals surface area (Å²) in [5.41, 5.74) is 4.02. The summed E-state index contributed by atoms with van der Waals surface area (Å²) >= 11 is 4.75. The summed E-state index contributed by atoms with van der Waals surface area (Å²) in [6.07, 6.45) is -0.808. The molecule has 1 fully saturated rings. The average molecular weight is 646 g/mol. The van der Waals surface area contributed by atoms with Crippen LogP contribution in [0.25, 0.3) is 10.4 Å². The first-order valence-corrected chi connectivity index (χ1v) is 15.0. The second-order valence-electron chi connectivity index (χ2n) is 11.4. The Labute approximate surface area is 251 Å². The molecule has 2 aromatic carbocycles. The number of carbonyl (C=O) groups is 3. The maximum absolute atomic E-state index is 13.9. The monoisotopic (exact) mass is 644 g/mol. The molecule has 11 heteroatoms. The first-order valence-electron chi connectivity index (χ1n) is 13.3. The molecule has 0 spiro atoms. The normalized spacial score (nSPS) is 18.6. The van der Waals surface area contributed by atoms with Gasteiger partial charge in [-0.05, 0) is 48.6 Å². The Morgan fingerprint density at radius 1 is 1.15 bits per heavy atom. The number of thiazole rings is 1. The summed E-state index contributed by atoms with van der Waals surface area (Å²) in [5, 5.41) is 16.2. The second kappa shape index (κ2) is 12.4. The zero-order valence-corrected chi connectivity index (χ0v) is 26.0. The molecule has 1 aromatic heterocycles. The van der Waals surface area contributed by atoms with E-state index in [0.29, 0.717) is 4.47 Å². The molecule has 218 valence electrons. The van der Waals surface area contributed by atoms with E-state index in [1.165, 1.54) is 17.0 Å². The Kier molecular flexibility index (Phi) is 9.30. The van der Waals surface area contributed by atoms with E-state index in [1.54, 1.807) is 37.6 Å². The molecule has 1 aliphatic rings. The predicted octanol–water partition coefficient (Wildman–Crippen LogP) is 5.00. The van der Waals surface area contributed by atoms with Gasteiger partial charge in [0.05, 0.1) is 28.2 Å². The van der Waals surface area contributed by atoms with Gasteiger partial charge in [0.1, 0.15) is 17.9 Å². The van der Waals surface area contributed by atoms with E-state index in [1.807, 2.05) is 38.1 Å². The molecule has 1 aliphatic heterocycles. The minimum absolute atomic E-state index is 0.0395. The highest BCUT2D eigenvalue weighted by Crippen LogP contribution is 2.30. The van der Waals surface area contributed by atoms with Crippen LogP contribution in [0.1, 0.15) is 61.8 Å². The van der Waals surface area contributed by atoms with E-state index < -0.39 is 47.1 Å². The Morgan fingerprint density at radius 3 is 2.41 bits per heavy atom. The van der Waals surface area contributed by atoms with Crippen LogP contribution in [-0.2, 0) is 9.59 Å². The van der Waals surface area contributed by atoms with Crippen LogP contribution in [0.3, 0.4) is 0 Å². The predicted molar refractivity (Wildman–Crippen MR) is 160 cm³/mol. The number of aliphatic hydroxyl groups is 1. The van der Waals surface area contributed by atoms with Gasteiger partial charge < -0.3 is 20.6 Å². The fourth-order valence-electron chi connectivity index (χ4n) is 4.91. The topological polar surface area (TPSA) is 112 Å². The van der Waals surface area contributed by atoms with Gasteiger partial charge in [-0.2, -0.15) is 0 Å². The molecule has 41 heavy (non-hydrogen) atoms. The fraction of sp³-hybridized carbons (Fsp3) is 0.400. The standard InChI is InChI=1S/C30H34BrFN4O4S/c1-16(18-6-8-19(9-7-18)25-17(2)33-15-41-25)34-28(39)24-13-23(37)14-36(24)29(40)26(30(3,4)5)35-27(38)20-10-21(31)12-22(32)11-20/h6-12,15-16,23-24,26,37H,13-14H2,1-5H3,(H,34,39)(H,35,38)/t16-,23+,24-,26+/m0/s1. The number of β-amino-alcohol motifs (C(OH)–C–C–N with tert-alkyl or cyclic N) is 1. The van der Waals surface area contributed by atoms with Crippen LogP contribution in [-0.4, -0.2) is 57.4 Å². The quantitative estimate of drug-likeness (QED) is 0.335. The maximum atomic E-state index is 13.9. The number of aryl methyl sites for hydroxylation is 1. The van der Waals surface area contributed by atoms with E-state index in [4.69, 9.17) is 0 Å². The summed E-state index contributed by atoms with van der Waals surface area (Å²) in [4.78, 5) is 47.0. The third-order valence-electron chi connectivity index (χ3n) is 7.16. The molecule has 0 radical (unpaired) electrons. The summed E-state index contributed by atoms with van der Waals surface area (Å²) in [6.45, 7) is 9.15. The third kappa shape index (κ3) is 7.20. The van der Waals surface area contributed by atoms with Gasteiger partial charge in [-0.3, -0.25) is 14.4 Å². The van der Waals surface area contributed by atoms with Crippen molar-refractivity contribution >= 4 is 45.0 Å². The lowest BCUT2D eigenvalue weighted by Gasteiger charge is -2.35. The summed E-state index contributed by atoms with van der Waals surface area (Å²) < 4.78 is 14.3. The van der Waals surface area contributed by atoms with Crippen LogP contribution in [0.4, 0.5) is 4.39 Å². The molecule has 8 nitrogen and oxygen atoms in total. The number of aromatic nitrogens is 1. The largest absolute Gasteiger partial charge is 0.391 e. The molecule has 0 saturated carbocycles. The minimum atomic E-state index is -1.03. The molecule has 2 heterocycles. The van der Waals surface area contributed by atoms with Gasteiger partial charge in [-0.1, -0.05) is 61.0 Å². The number of nitrogens with zero attached hydrogens (tertiary/aromatic N) is 2. The van der Waals surface area contributed by atoms with Crippen LogP contribution in [0.2, 0.25) is 0 Å². The molecule has 4 rings (SSSR count). The van der Waals surface area contributed by atoms with E-state index in [2.05, 4.69) is 31.5 Å². The van der Waals surface area contributed by atoms with Crippen LogP contribution in [0.5, 0.6) is 0 Å². The van der Waals surface area contributed by atoms with E-state index in [0.717, 1.165) is 27.8 Å². The summed E-state index contributed by atoms with van der Waals surface area (Å²) in [7, 11) is 0. The van der Waals surface area contributed by atoms with Gasteiger partial charge in [-0.15, -0.1) is 11.3 Å². The van der Waals surface area contributed by atoms with Crippen LogP contribution in [0, 0.1) is 18.2 Å². The zero-order chi connectivity index (χ0) is 30.1. The molecule has 4 atom stereocenters. The molecule has 0 unspecified atom stereocenters. The lowest BCUT2D eigenvalue weighted by molar-refractivity contribution is -0.142. The highest BCUT2D eigenvalue weighted by atomic mass is 79.9. The van der Waals surface area contributed by atoms with Crippen molar-refractivity contribution in [3.63, 3.8) is 0 Å². The Bertz CT molecular complexity index is 1420. The molecule has 3 N–H and O–H groups in total. The third-order valence-corrected chi connectivity index (χ3v) is 8.59. The Balaban J connectivity index is 1.48. The van der Waals surface area contributed by atoms with Crippen LogP contribution >= 0.6 is 27.3 Å². The molecule has 1 saturated heterocycles. The maximum Gasteiger partial charge on any atom is 0.252 e. The van der Waals surface area contributed by atoms with Crippen LogP contribution < -0.4 is 10.6 Å². The van der Waals surface area contributed by atoms with Gasteiger partial charge >= 0.3 is 0 Å². The number of halogens is 2. The lowest BCUT2D eigenvalue weighted by Crippen LogP contribution is -2.57. The number of rotatable bonds is 7. The number of hydrogen-bond acceptors (Lipinski definition) is 6. The highest BCUT2D eigenvalue weighted by molar-refractivity contribution is 9.10. The van der Waals surface area contributed by atoms with Gasteiger partial charge in [0.15, 0.2) is 0 Å². The molecule has 3 amide bonds. The smallest absolute Gasteiger partial charge is 0.252 e. The van der Waals surface area contributed by atoms with Crippen molar-refractivity contribution in [2.45, 2.75) is 65.3 Å². The van der Waals surface area contributed by atoms with Crippen LogP contribution in [0.15, 0.2) is 52.4 Å².